The molecule has 1 aromatic carbocycles. The van der Waals surface area contributed by atoms with Gasteiger partial charge in [-0.1, -0.05) is 32.4 Å². The number of piperidine rings is 1. The van der Waals surface area contributed by atoms with Gasteiger partial charge in [0, 0.05) is 12.2 Å². The van der Waals surface area contributed by atoms with Crippen molar-refractivity contribution < 1.29 is 0 Å². The summed E-state index contributed by atoms with van der Waals surface area (Å²) in [7, 11) is 0. The zero-order valence-corrected chi connectivity index (χ0v) is 11.8. The van der Waals surface area contributed by atoms with Gasteiger partial charge in [0.2, 0.25) is 0 Å². The lowest BCUT2D eigenvalue weighted by Gasteiger charge is -2.39. The summed E-state index contributed by atoms with van der Waals surface area (Å²) in [6, 6.07) is 8.28. The van der Waals surface area contributed by atoms with E-state index in [1.165, 1.54) is 44.5 Å². The first-order valence-electron chi connectivity index (χ1n) is 7.18. The topological polar surface area (TPSA) is 29.3 Å². The monoisotopic (exact) mass is 246 g/mol. The summed E-state index contributed by atoms with van der Waals surface area (Å²) in [6.45, 7) is 8.44. The first kappa shape index (κ1) is 13.4. The highest BCUT2D eigenvalue weighted by atomic mass is 15.1. The van der Waals surface area contributed by atoms with Crippen LogP contribution in [0, 0.1) is 5.41 Å². The van der Waals surface area contributed by atoms with Crippen molar-refractivity contribution in [3.05, 3.63) is 29.8 Å². The lowest BCUT2D eigenvalue weighted by Crippen LogP contribution is -2.39. The van der Waals surface area contributed by atoms with Crippen LogP contribution in [-0.2, 0) is 6.42 Å². The summed E-state index contributed by atoms with van der Waals surface area (Å²) < 4.78 is 0. The molecule has 0 atom stereocenters. The van der Waals surface area contributed by atoms with Gasteiger partial charge in [-0.25, -0.2) is 0 Å². The van der Waals surface area contributed by atoms with Gasteiger partial charge in [0.25, 0.3) is 0 Å². The first-order chi connectivity index (χ1) is 8.61. The maximum atomic E-state index is 5.81. The molecule has 0 bridgehead atoms. The van der Waals surface area contributed by atoms with Crippen LogP contribution in [0.2, 0.25) is 0 Å². The van der Waals surface area contributed by atoms with E-state index in [0.717, 1.165) is 12.1 Å². The molecule has 18 heavy (non-hydrogen) atoms. The van der Waals surface area contributed by atoms with Gasteiger partial charge >= 0.3 is 0 Å². The molecule has 1 saturated heterocycles. The molecule has 0 aliphatic carbocycles. The summed E-state index contributed by atoms with van der Waals surface area (Å²) in [5, 5.41) is 0. The van der Waals surface area contributed by atoms with Gasteiger partial charge in [-0.15, -0.1) is 0 Å². The van der Waals surface area contributed by atoms with Crippen molar-refractivity contribution in [2.75, 3.05) is 25.4 Å². The predicted molar refractivity (Wildman–Crippen MR) is 78.6 cm³/mol. The molecule has 0 amide bonds. The van der Waals surface area contributed by atoms with Gasteiger partial charge in [-0.3, -0.25) is 0 Å². The van der Waals surface area contributed by atoms with Crippen LogP contribution in [0.15, 0.2) is 24.3 Å². The lowest BCUT2D eigenvalue weighted by molar-refractivity contribution is 0.116. The van der Waals surface area contributed by atoms with Crippen molar-refractivity contribution in [3.8, 4) is 0 Å². The standard InChI is InChI=1S/C16H26N2/c1-3-16(2)8-11-18(12-9-16)10-7-14-5-4-6-15(17)13-14/h4-6,13H,3,7-12,17H2,1-2H3. The fourth-order valence-corrected chi connectivity index (χ4v) is 2.71. The molecule has 1 aromatic rings. The summed E-state index contributed by atoms with van der Waals surface area (Å²) in [5.74, 6) is 0. The van der Waals surface area contributed by atoms with Gasteiger partial charge < -0.3 is 10.6 Å². The van der Waals surface area contributed by atoms with E-state index in [2.05, 4.69) is 36.9 Å². The summed E-state index contributed by atoms with van der Waals surface area (Å²) in [4.78, 5) is 2.60. The van der Waals surface area contributed by atoms with E-state index in [1.54, 1.807) is 0 Å². The Balaban J connectivity index is 1.79. The molecule has 100 valence electrons. The molecule has 0 saturated carbocycles. The smallest absolute Gasteiger partial charge is 0.0316 e. The number of nitrogens with two attached hydrogens (primary N) is 1. The van der Waals surface area contributed by atoms with Crippen molar-refractivity contribution in [2.24, 2.45) is 5.41 Å². The Labute approximate surface area is 111 Å². The maximum absolute atomic E-state index is 5.81. The van der Waals surface area contributed by atoms with Gasteiger partial charge in [0.1, 0.15) is 0 Å². The number of hydrogen-bond donors (Lipinski definition) is 1. The number of nitrogens with zero attached hydrogens (tertiary/aromatic N) is 1. The minimum absolute atomic E-state index is 0.591. The second kappa shape index (κ2) is 5.75. The number of rotatable bonds is 4. The molecule has 0 unspecified atom stereocenters. The van der Waals surface area contributed by atoms with E-state index < -0.39 is 0 Å². The molecule has 1 aliphatic rings. The Morgan fingerprint density at radius 3 is 2.61 bits per heavy atom. The van der Waals surface area contributed by atoms with E-state index in [-0.39, 0.29) is 0 Å². The SMILES string of the molecule is CCC1(C)CCN(CCc2cccc(N)c2)CC1. The second-order valence-electron chi connectivity index (χ2n) is 6.00. The van der Waals surface area contributed by atoms with Gasteiger partial charge in [0.05, 0.1) is 0 Å². The average Bonchev–Trinajstić information content (AvgIpc) is 2.38. The molecular weight excluding hydrogens is 220 g/mol. The van der Waals surface area contributed by atoms with Gasteiger partial charge in [-0.05, 0) is 55.5 Å². The molecule has 0 aromatic heterocycles. The van der Waals surface area contributed by atoms with Crippen LogP contribution in [0.3, 0.4) is 0 Å². The number of benzene rings is 1. The van der Waals surface area contributed by atoms with Gasteiger partial charge in [0.15, 0.2) is 0 Å². The first-order valence-corrected chi connectivity index (χ1v) is 7.18. The molecule has 2 N–H and O–H groups in total. The van der Waals surface area contributed by atoms with E-state index in [0.29, 0.717) is 5.41 Å². The van der Waals surface area contributed by atoms with E-state index in [4.69, 9.17) is 5.73 Å². The number of hydrogen-bond acceptors (Lipinski definition) is 2. The summed E-state index contributed by atoms with van der Waals surface area (Å²) in [6.07, 6.45) is 5.13. The van der Waals surface area contributed by atoms with Crippen LogP contribution < -0.4 is 5.73 Å². The predicted octanol–water partition coefficient (Wildman–Crippen LogP) is 3.32. The van der Waals surface area contributed by atoms with Crippen LogP contribution in [0.5, 0.6) is 0 Å². The van der Waals surface area contributed by atoms with Crippen molar-refractivity contribution >= 4 is 5.69 Å². The van der Waals surface area contributed by atoms with Crippen molar-refractivity contribution in [1.82, 2.24) is 4.90 Å². The quantitative estimate of drug-likeness (QED) is 0.826. The number of likely N-dealkylation sites (tertiary alicyclic amines) is 1. The molecule has 0 spiro atoms. The number of anilines is 1. The maximum Gasteiger partial charge on any atom is 0.0316 e. The highest BCUT2D eigenvalue weighted by Crippen LogP contribution is 2.33. The Kier molecular flexibility index (Phi) is 4.28. The average molecular weight is 246 g/mol. The molecule has 1 heterocycles. The zero-order chi connectivity index (χ0) is 13.0. The highest BCUT2D eigenvalue weighted by Gasteiger charge is 2.27. The minimum atomic E-state index is 0.591. The molecule has 2 nitrogen and oxygen atoms in total. The number of nitrogen functional groups attached to an aromatic ring is 1. The Morgan fingerprint density at radius 1 is 1.28 bits per heavy atom. The van der Waals surface area contributed by atoms with Crippen molar-refractivity contribution in [2.45, 2.75) is 39.5 Å². The minimum Gasteiger partial charge on any atom is -0.399 e. The normalized spacial score (nSPS) is 19.9. The fraction of sp³-hybridized carbons (Fsp3) is 0.625. The van der Waals surface area contributed by atoms with Crippen LogP contribution in [0.4, 0.5) is 5.69 Å². The molecular formula is C16H26N2. The lowest BCUT2D eigenvalue weighted by atomic mass is 9.78. The van der Waals surface area contributed by atoms with Crippen molar-refractivity contribution in [1.29, 1.82) is 0 Å². The fourth-order valence-electron chi connectivity index (χ4n) is 2.71. The largest absolute Gasteiger partial charge is 0.399 e. The van der Waals surface area contributed by atoms with Crippen LogP contribution >= 0.6 is 0 Å². The molecule has 1 fully saturated rings. The Bertz CT molecular complexity index is 378. The third kappa shape index (κ3) is 3.49. The molecule has 1 aliphatic heterocycles. The van der Waals surface area contributed by atoms with E-state index >= 15 is 0 Å². The molecule has 0 radical (unpaired) electrons. The Hall–Kier alpha value is -1.02. The third-order valence-corrected chi connectivity index (χ3v) is 4.58. The van der Waals surface area contributed by atoms with E-state index in [9.17, 15) is 0 Å². The van der Waals surface area contributed by atoms with Crippen LogP contribution in [0.25, 0.3) is 0 Å². The molecule has 2 heteroatoms. The van der Waals surface area contributed by atoms with E-state index in [1.807, 2.05) is 6.07 Å². The Morgan fingerprint density at radius 2 is 2.00 bits per heavy atom. The van der Waals surface area contributed by atoms with Gasteiger partial charge in [-0.2, -0.15) is 0 Å². The summed E-state index contributed by atoms with van der Waals surface area (Å²) >= 11 is 0. The third-order valence-electron chi connectivity index (χ3n) is 4.58. The van der Waals surface area contributed by atoms with Crippen LogP contribution in [0.1, 0.15) is 38.7 Å². The van der Waals surface area contributed by atoms with Crippen molar-refractivity contribution in [3.63, 3.8) is 0 Å². The zero-order valence-electron chi connectivity index (χ0n) is 11.8. The molecule has 2 rings (SSSR count). The highest BCUT2D eigenvalue weighted by molar-refractivity contribution is 5.40. The second-order valence-corrected chi connectivity index (χ2v) is 6.00. The summed E-state index contributed by atoms with van der Waals surface area (Å²) in [5.41, 5.74) is 8.64. The van der Waals surface area contributed by atoms with Crippen LogP contribution in [-0.4, -0.2) is 24.5 Å².